The Labute approximate surface area is 172 Å². The summed E-state index contributed by atoms with van der Waals surface area (Å²) < 4.78 is 32.5. The Kier molecular flexibility index (Phi) is 7.35. The van der Waals surface area contributed by atoms with Crippen molar-refractivity contribution in [2.75, 3.05) is 6.61 Å². The van der Waals surface area contributed by atoms with E-state index in [1.807, 2.05) is 0 Å². The van der Waals surface area contributed by atoms with Crippen LogP contribution < -0.4 is 4.72 Å². The first-order valence-corrected chi connectivity index (χ1v) is 10.1. The maximum Gasteiger partial charge on any atom is 0.331 e. The molecule has 0 saturated carbocycles. The zero-order chi connectivity index (χ0) is 22.3. The molecular weight excluding hydrogens is 414 g/mol. The highest BCUT2D eigenvalue weighted by molar-refractivity contribution is 7.89. The van der Waals surface area contributed by atoms with E-state index in [9.17, 15) is 33.4 Å². The number of non-ortho nitro benzene ring substituents is 1. The quantitative estimate of drug-likeness (QED) is 0.207. The summed E-state index contributed by atoms with van der Waals surface area (Å²) in [5.74, 6) is -3.85. The van der Waals surface area contributed by atoms with Crippen LogP contribution in [0.25, 0.3) is 0 Å². The lowest BCUT2D eigenvalue weighted by molar-refractivity contribution is -0.384. The summed E-state index contributed by atoms with van der Waals surface area (Å²) in [6.07, 6.45) is 0. The Hall–Kier alpha value is -3.62. The Balaban J connectivity index is 2.28. The molecule has 0 bridgehead atoms. The summed E-state index contributed by atoms with van der Waals surface area (Å²) in [6.45, 7) is 1.28. The largest absolute Gasteiger partial charge is 0.465 e. The van der Waals surface area contributed by atoms with E-state index in [2.05, 4.69) is 4.72 Å². The molecule has 2 aromatic rings. The molecule has 30 heavy (non-hydrogen) atoms. The molecule has 11 heteroatoms. The minimum absolute atomic E-state index is 0.0406. The smallest absolute Gasteiger partial charge is 0.331 e. The van der Waals surface area contributed by atoms with E-state index >= 15 is 0 Å². The van der Waals surface area contributed by atoms with Crippen LogP contribution in [0.3, 0.4) is 0 Å². The average Bonchev–Trinajstić information content (AvgIpc) is 2.73. The molecule has 156 valence electrons. The van der Waals surface area contributed by atoms with Gasteiger partial charge in [0.05, 0.1) is 22.5 Å². The molecule has 1 atom stereocenters. The van der Waals surface area contributed by atoms with E-state index in [1.165, 1.54) is 55.5 Å². The van der Waals surface area contributed by atoms with Crippen LogP contribution in [0.1, 0.15) is 22.8 Å². The number of carbonyl (C=O) groups is 2. The van der Waals surface area contributed by atoms with Gasteiger partial charge in [0, 0.05) is 24.2 Å². The van der Waals surface area contributed by atoms with E-state index in [1.54, 1.807) is 6.07 Å². The number of rotatable bonds is 9. The predicted molar refractivity (Wildman–Crippen MR) is 104 cm³/mol. The second-order valence-corrected chi connectivity index (χ2v) is 7.66. The lowest BCUT2D eigenvalue weighted by Crippen LogP contribution is -2.29. The molecule has 0 spiro atoms. The fourth-order valence-corrected chi connectivity index (χ4v) is 3.72. The average molecular weight is 431 g/mol. The van der Waals surface area contributed by atoms with E-state index in [4.69, 9.17) is 4.74 Å². The SMILES string of the molecule is CCOC(=O)C(C#N)C(=O)c1ccccc1S(=O)(=O)NCc1ccc([N+](=O)[O-])cc1. The molecular formula is C19H17N3O7S. The first-order valence-electron chi connectivity index (χ1n) is 8.63. The van der Waals surface area contributed by atoms with Gasteiger partial charge in [-0.3, -0.25) is 19.7 Å². The van der Waals surface area contributed by atoms with Gasteiger partial charge in [-0.05, 0) is 24.6 Å². The first-order chi connectivity index (χ1) is 14.2. The van der Waals surface area contributed by atoms with E-state index in [-0.39, 0.29) is 24.4 Å². The van der Waals surface area contributed by atoms with Crippen molar-refractivity contribution in [3.63, 3.8) is 0 Å². The maximum atomic E-state index is 12.7. The Morgan fingerprint density at radius 2 is 1.83 bits per heavy atom. The molecule has 2 rings (SSSR count). The molecule has 1 unspecified atom stereocenters. The predicted octanol–water partition coefficient (Wildman–Crippen LogP) is 1.96. The number of nitro groups is 1. The minimum Gasteiger partial charge on any atom is -0.465 e. The number of nitro benzene ring substituents is 1. The van der Waals surface area contributed by atoms with Crippen LogP contribution in [-0.2, 0) is 26.1 Å². The van der Waals surface area contributed by atoms with Crippen molar-refractivity contribution < 1.29 is 27.7 Å². The van der Waals surface area contributed by atoms with Crippen molar-refractivity contribution in [2.24, 2.45) is 5.92 Å². The van der Waals surface area contributed by atoms with Gasteiger partial charge in [0.25, 0.3) is 5.69 Å². The van der Waals surface area contributed by atoms with Crippen LogP contribution in [0.2, 0.25) is 0 Å². The second-order valence-electron chi connectivity index (χ2n) is 5.92. The molecule has 0 saturated heterocycles. The van der Waals surface area contributed by atoms with Crippen molar-refractivity contribution in [1.82, 2.24) is 4.72 Å². The van der Waals surface area contributed by atoms with Gasteiger partial charge in [-0.2, -0.15) is 5.26 Å². The third kappa shape index (κ3) is 5.25. The molecule has 0 heterocycles. The molecule has 0 fully saturated rings. The number of carbonyl (C=O) groups excluding carboxylic acids is 2. The highest BCUT2D eigenvalue weighted by Crippen LogP contribution is 2.20. The minimum atomic E-state index is -4.21. The summed E-state index contributed by atoms with van der Waals surface area (Å²) in [7, 11) is -4.21. The lowest BCUT2D eigenvalue weighted by Gasteiger charge is -2.13. The standard InChI is InChI=1S/C19H17N3O7S/c1-2-29-19(24)16(11-20)18(23)15-5-3-4-6-17(15)30(27,28)21-12-13-7-9-14(10-8-13)22(25)26/h3-10,16,21H,2,12H2,1H3. The molecule has 0 aliphatic heterocycles. The maximum absolute atomic E-state index is 12.7. The van der Waals surface area contributed by atoms with Crippen molar-refractivity contribution in [2.45, 2.75) is 18.4 Å². The number of nitriles is 1. The monoisotopic (exact) mass is 431 g/mol. The van der Waals surface area contributed by atoms with Gasteiger partial charge in [-0.1, -0.05) is 24.3 Å². The van der Waals surface area contributed by atoms with E-state index in [0.29, 0.717) is 5.56 Å². The van der Waals surface area contributed by atoms with Crippen LogP contribution >= 0.6 is 0 Å². The molecule has 2 aromatic carbocycles. The van der Waals surface area contributed by atoms with Crippen molar-refractivity contribution in [3.8, 4) is 6.07 Å². The summed E-state index contributed by atoms with van der Waals surface area (Å²) in [5, 5.41) is 19.9. The summed E-state index contributed by atoms with van der Waals surface area (Å²) >= 11 is 0. The fraction of sp³-hybridized carbons (Fsp3) is 0.211. The van der Waals surface area contributed by atoms with Crippen LogP contribution in [0.4, 0.5) is 5.69 Å². The third-order valence-electron chi connectivity index (χ3n) is 3.97. The highest BCUT2D eigenvalue weighted by Gasteiger charge is 2.32. The number of ether oxygens (including phenoxy) is 1. The molecule has 10 nitrogen and oxygen atoms in total. The Morgan fingerprint density at radius 3 is 2.40 bits per heavy atom. The van der Waals surface area contributed by atoms with Gasteiger partial charge in [-0.15, -0.1) is 0 Å². The van der Waals surface area contributed by atoms with Gasteiger partial charge < -0.3 is 4.74 Å². The molecule has 0 amide bonds. The van der Waals surface area contributed by atoms with Crippen LogP contribution in [0, 0.1) is 27.4 Å². The zero-order valence-corrected chi connectivity index (χ0v) is 16.6. The molecule has 0 aliphatic carbocycles. The number of sulfonamides is 1. The van der Waals surface area contributed by atoms with Gasteiger partial charge in [-0.25, -0.2) is 13.1 Å². The zero-order valence-electron chi connectivity index (χ0n) is 15.8. The lowest BCUT2D eigenvalue weighted by atomic mass is 9.99. The number of nitrogens with zero attached hydrogens (tertiary/aromatic N) is 2. The molecule has 1 N–H and O–H groups in total. The van der Waals surface area contributed by atoms with Gasteiger partial charge in [0.2, 0.25) is 15.9 Å². The van der Waals surface area contributed by atoms with Gasteiger partial charge in [0.15, 0.2) is 5.78 Å². The number of hydrogen-bond acceptors (Lipinski definition) is 8. The van der Waals surface area contributed by atoms with Crippen molar-refractivity contribution in [3.05, 3.63) is 69.8 Å². The van der Waals surface area contributed by atoms with Gasteiger partial charge >= 0.3 is 5.97 Å². The molecule has 0 aromatic heterocycles. The first kappa shape index (κ1) is 22.7. The molecule has 0 aliphatic rings. The number of esters is 1. The molecule has 0 radical (unpaired) electrons. The number of hydrogen-bond donors (Lipinski definition) is 1. The van der Waals surface area contributed by atoms with Crippen molar-refractivity contribution >= 4 is 27.5 Å². The van der Waals surface area contributed by atoms with Crippen LogP contribution in [-0.4, -0.2) is 31.7 Å². The fourth-order valence-electron chi connectivity index (χ4n) is 2.50. The number of ketones is 1. The van der Waals surface area contributed by atoms with Gasteiger partial charge in [0.1, 0.15) is 0 Å². The van der Waals surface area contributed by atoms with E-state index in [0.717, 1.165) is 0 Å². The summed E-state index contributed by atoms with van der Waals surface area (Å²) in [6, 6.07) is 12.0. The van der Waals surface area contributed by atoms with Crippen LogP contribution in [0.15, 0.2) is 53.4 Å². The number of Topliss-reactive ketones (excluding diaryl/α,β-unsaturated/α-hetero) is 1. The topological polar surface area (TPSA) is 156 Å². The van der Waals surface area contributed by atoms with E-state index < -0.39 is 37.5 Å². The third-order valence-corrected chi connectivity index (χ3v) is 5.43. The number of benzene rings is 2. The van der Waals surface area contributed by atoms with Crippen molar-refractivity contribution in [1.29, 1.82) is 5.26 Å². The van der Waals surface area contributed by atoms with Crippen LogP contribution in [0.5, 0.6) is 0 Å². The normalized spacial score (nSPS) is 11.9. The summed E-state index contributed by atoms with van der Waals surface area (Å²) in [5.41, 5.74) is -0.0122. The summed E-state index contributed by atoms with van der Waals surface area (Å²) in [4.78, 5) is 34.2. The second kappa shape index (κ2) is 9.73. The Morgan fingerprint density at radius 1 is 1.20 bits per heavy atom. The highest BCUT2D eigenvalue weighted by atomic mass is 32.2. The Bertz CT molecular complexity index is 1110. The number of nitrogens with one attached hydrogen (secondary N) is 1.